The third-order valence-corrected chi connectivity index (χ3v) is 4.57. The second-order valence-electron chi connectivity index (χ2n) is 7.23. The third-order valence-electron chi connectivity index (χ3n) is 4.57. The maximum Gasteiger partial charge on any atom is 0.0357 e. The van der Waals surface area contributed by atoms with E-state index in [4.69, 9.17) is 5.73 Å². The van der Waals surface area contributed by atoms with Crippen molar-refractivity contribution in [3.05, 3.63) is 0 Å². The van der Waals surface area contributed by atoms with Crippen LogP contribution in [0.1, 0.15) is 54.4 Å². The summed E-state index contributed by atoms with van der Waals surface area (Å²) in [7, 11) is 0. The van der Waals surface area contributed by atoms with E-state index in [0.29, 0.717) is 17.3 Å². The molecule has 0 heterocycles. The molecule has 0 aromatic heterocycles. The standard InChI is InChI=1S/C15H32N2/c1-12(2)9-17(10-13(3)4)15(6,11-16)14(5)7-8-14/h12-13H,7-11,16H2,1-6H3. The van der Waals surface area contributed by atoms with Gasteiger partial charge in [0.15, 0.2) is 0 Å². The molecule has 1 saturated carbocycles. The molecule has 0 aliphatic heterocycles. The van der Waals surface area contributed by atoms with Crippen LogP contribution in [0, 0.1) is 17.3 Å². The van der Waals surface area contributed by atoms with Crippen LogP contribution in [-0.2, 0) is 0 Å². The zero-order valence-corrected chi connectivity index (χ0v) is 12.7. The van der Waals surface area contributed by atoms with Gasteiger partial charge < -0.3 is 5.73 Å². The Balaban J connectivity index is 2.85. The summed E-state index contributed by atoms with van der Waals surface area (Å²) < 4.78 is 0. The summed E-state index contributed by atoms with van der Waals surface area (Å²) in [5, 5.41) is 0. The molecule has 1 aliphatic rings. The lowest BCUT2D eigenvalue weighted by Crippen LogP contribution is -2.58. The average molecular weight is 240 g/mol. The van der Waals surface area contributed by atoms with Crippen LogP contribution in [0.2, 0.25) is 0 Å². The highest BCUT2D eigenvalue weighted by Gasteiger charge is 2.54. The number of hydrogen-bond acceptors (Lipinski definition) is 2. The summed E-state index contributed by atoms with van der Waals surface area (Å²) in [4.78, 5) is 2.66. The fourth-order valence-electron chi connectivity index (χ4n) is 2.84. The van der Waals surface area contributed by atoms with Crippen molar-refractivity contribution < 1.29 is 0 Å². The van der Waals surface area contributed by atoms with Gasteiger partial charge in [-0.25, -0.2) is 0 Å². The SMILES string of the molecule is CC(C)CN(CC(C)C)C(C)(CN)C1(C)CC1. The van der Waals surface area contributed by atoms with Crippen LogP contribution < -0.4 is 5.73 Å². The molecule has 0 aromatic rings. The molecule has 2 heteroatoms. The van der Waals surface area contributed by atoms with Crippen molar-refractivity contribution in [3.8, 4) is 0 Å². The van der Waals surface area contributed by atoms with E-state index in [1.54, 1.807) is 0 Å². The lowest BCUT2D eigenvalue weighted by Gasteiger charge is -2.47. The molecule has 1 rings (SSSR count). The van der Waals surface area contributed by atoms with Crippen LogP contribution in [0.15, 0.2) is 0 Å². The van der Waals surface area contributed by atoms with Gasteiger partial charge in [0, 0.05) is 25.2 Å². The van der Waals surface area contributed by atoms with Crippen LogP contribution in [0.3, 0.4) is 0 Å². The first kappa shape index (κ1) is 15.0. The summed E-state index contributed by atoms with van der Waals surface area (Å²) in [6.07, 6.45) is 2.68. The molecule has 17 heavy (non-hydrogen) atoms. The maximum atomic E-state index is 6.14. The third kappa shape index (κ3) is 3.23. The fraction of sp³-hybridized carbons (Fsp3) is 1.00. The lowest BCUT2D eigenvalue weighted by atomic mass is 9.81. The Morgan fingerprint density at radius 1 is 1.12 bits per heavy atom. The molecule has 0 radical (unpaired) electrons. The molecule has 1 unspecified atom stereocenters. The van der Waals surface area contributed by atoms with E-state index in [9.17, 15) is 0 Å². The zero-order chi connectivity index (χ0) is 13.3. The molecule has 0 aromatic carbocycles. The minimum Gasteiger partial charge on any atom is -0.329 e. The Kier molecular flexibility index (Phi) is 4.65. The Labute approximate surface area is 108 Å². The summed E-state index contributed by atoms with van der Waals surface area (Å²) >= 11 is 0. The van der Waals surface area contributed by atoms with Gasteiger partial charge >= 0.3 is 0 Å². The van der Waals surface area contributed by atoms with Crippen molar-refractivity contribution in [3.63, 3.8) is 0 Å². The summed E-state index contributed by atoms with van der Waals surface area (Å²) in [6, 6.07) is 0. The summed E-state index contributed by atoms with van der Waals surface area (Å²) in [5.74, 6) is 1.42. The molecular formula is C15H32N2. The number of nitrogens with zero attached hydrogens (tertiary/aromatic N) is 1. The van der Waals surface area contributed by atoms with Gasteiger partial charge in [-0.3, -0.25) is 4.90 Å². The molecule has 0 spiro atoms. The van der Waals surface area contributed by atoms with Gasteiger partial charge in [0.1, 0.15) is 0 Å². The molecular weight excluding hydrogens is 208 g/mol. The minimum atomic E-state index is 0.182. The first-order valence-electron chi connectivity index (χ1n) is 7.20. The predicted octanol–water partition coefficient (Wildman–Crippen LogP) is 3.12. The molecule has 102 valence electrons. The number of rotatable bonds is 7. The predicted molar refractivity (Wildman–Crippen MR) is 76.0 cm³/mol. The second-order valence-corrected chi connectivity index (χ2v) is 7.23. The van der Waals surface area contributed by atoms with E-state index in [1.807, 2.05) is 0 Å². The highest BCUT2D eigenvalue weighted by molar-refractivity contribution is 5.09. The molecule has 0 amide bonds. The minimum absolute atomic E-state index is 0.182. The van der Waals surface area contributed by atoms with Gasteiger partial charge in [-0.1, -0.05) is 34.6 Å². The highest BCUT2D eigenvalue weighted by atomic mass is 15.2. The average Bonchev–Trinajstić information content (AvgIpc) is 2.94. The van der Waals surface area contributed by atoms with E-state index in [0.717, 1.165) is 6.54 Å². The zero-order valence-electron chi connectivity index (χ0n) is 12.7. The second kappa shape index (κ2) is 5.27. The topological polar surface area (TPSA) is 29.3 Å². The molecule has 0 bridgehead atoms. The quantitative estimate of drug-likeness (QED) is 0.741. The largest absolute Gasteiger partial charge is 0.329 e. The fourth-order valence-corrected chi connectivity index (χ4v) is 2.84. The Morgan fingerprint density at radius 2 is 1.53 bits per heavy atom. The van der Waals surface area contributed by atoms with Gasteiger partial charge in [-0.15, -0.1) is 0 Å². The van der Waals surface area contributed by atoms with Crippen molar-refractivity contribution in [2.24, 2.45) is 23.0 Å². The van der Waals surface area contributed by atoms with E-state index in [1.165, 1.54) is 25.9 Å². The van der Waals surface area contributed by atoms with Gasteiger partial charge in [0.25, 0.3) is 0 Å². The van der Waals surface area contributed by atoms with Crippen molar-refractivity contribution in [1.82, 2.24) is 4.90 Å². The monoisotopic (exact) mass is 240 g/mol. The first-order chi connectivity index (χ1) is 7.75. The Hall–Kier alpha value is -0.0800. The van der Waals surface area contributed by atoms with E-state index in [2.05, 4.69) is 46.4 Å². The van der Waals surface area contributed by atoms with Gasteiger partial charge in [0.05, 0.1) is 0 Å². The molecule has 2 nitrogen and oxygen atoms in total. The Bertz CT molecular complexity index is 233. The van der Waals surface area contributed by atoms with Gasteiger partial charge in [0.2, 0.25) is 0 Å². The normalized spacial score (nSPS) is 22.2. The smallest absolute Gasteiger partial charge is 0.0357 e. The van der Waals surface area contributed by atoms with Crippen LogP contribution in [0.5, 0.6) is 0 Å². The van der Waals surface area contributed by atoms with Gasteiger partial charge in [-0.2, -0.15) is 0 Å². The molecule has 2 N–H and O–H groups in total. The van der Waals surface area contributed by atoms with Gasteiger partial charge in [-0.05, 0) is 37.0 Å². The van der Waals surface area contributed by atoms with Crippen LogP contribution in [-0.4, -0.2) is 30.1 Å². The molecule has 0 saturated heterocycles. The van der Waals surface area contributed by atoms with E-state index < -0.39 is 0 Å². The van der Waals surface area contributed by atoms with Crippen LogP contribution in [0.4, 0.5) is 0 Å². The van der Waals surface area contributed by atoms with E-state index in [-0.39, 0.29) is 5.54 Å². The van der Waals surface area contributed by atoms with Crippen molar-refractivity contribution >= 4 is 0 Å². The van der Waals surface area contributed by atoms with Crippen LogP contribution in [0.25, 0.3) is 0 Å². The summed E-state index contributed by atoms with van der Waals surface area (Å²) in [6.45, 7) is 17.1. The number of nitrogens with two attached hydrogens (primary N) is 1. The summed E-state index contributed by atoms with van der Waals surface area (Å²) in [5.41, 5.74) is 6.78. The van der Waals surface area contributed by atoms with E-state index >= 15 is 0 Å². The van der Waals surface area contributed by atoms with Crippen molar-refractivity contribution in [2.45, 2.75) is 59.9 Å². The van der Waals surface area contributed by atoms with Crippen molar-refractivity contribution in [1.29, 1.82) is 0 Å². The van der Waals surface area contributed by atoms with Crippen molar-refractivity contribution in [2.75, 3.05) is 19.6 Å². The Morgan fingerprint density at radius 3 is 1.76 bits per heavy atom. The van der Waals surface area contributed by atoms with Crippen LogP contribution >= 0.6 is 0 Å². The number of hydrogen-bond donors (Lipinski definition) is 1. The molecule has 1 atom stereocenters. The molecule has 1 aliphatic carbocycles. The molecule has 1 fully saturated rings. The lowest BCUT2D eigenvalue weighted by molar-refractivity contribution is 0.0277. The maximum absolute atomic E-state index is 6.14. The highest BCUT2D eigenvalue weighted by Crippen LogP contribution is 2.55. The first-order valence-corrected chi connectivity index (χ1v) is 7.20.